The molecule has 0 atom stereocenters. The summed E-state index contributed by atoms with van der Waals surface area (Å²) >= 11 is 2.81. The van der Waals surface area contributed by atoms with Crippen molar-refractivity contribution in [1.29, 1.82) is 0 Å². The summed E-state index contributed by atoms with van der Waals surface area (Å²) in [6.07, 6.45) is 1.69. The van der Waals surface area contributed by atoms with Gasteiger partial charge in [-0.1, -0.05) is 36.4 Å². The quantitative estimate of drug-likeness (QED) is 0.123. The Morgan fingerprint density at radius 1 is 0.556 bits per heavy atom. The average Bonchev–Trinajstić information content (AvgIpc) is 3.00. The van der Waals surface area contributed by atoms with Crippen LogP contribution in [-0.4, -0.2) is 23.1 Å². The molecule has 2 heterocycles. The molecule has 0 radical (unpaired) electrons. The maximum atomic E-state index is 13.4. The summed E-state index contributed by atoms with van der Waals surface area (Å²) < 4.78 is 14.8. The predicted octanol–water partition coefficient (Wildman–Crippen LogP) is 8.88. The second-order valence-electron chi connectivity index (χ2n) is 12.4. The molecule has 8 heteroatoms. The molecule has 6 nitrogen and oxygen atoms in total. The van der Waals surface area contributed by atoms with Gasteiger partial charge in [-0.25, -0.2) is 9.59 Å². The summed E-state index contributed by atoms with van der Waals surface area (Å²) in [5.74, 6) is -0.964. The molecule has 4 aromatic carbocycles. The van der Waals surface area contributed by atoms with Crippen LogP contribution in [0.15, 0.2) is 94.5 Å². The van der Waals surface area contributed by atoms with Crippen molar-refractivity contribution >= 4 is 75.0 Å². The van der Waals surface area contributed by atoms with Crippen molar-refractivity contribution in [3.63, 3.8) is 0 Å². The minimum atomic E-state index is -0.802. The number of carbonyl (C=O) groups excluding carboxylic acids is 2. The Morgan fingerprint density at radius 3 is 1.36 bits per heavy atom. The highest BCUT2D eigenvalue weighted by Gasteiger charge is 2.29. The molecular weight excluding hydrogens is 605 g/mol. The molecule has 0 amide bonds. The van der Waals surface area contributed by atoms with Crippen LogP contribution in [0.25, 0.3) is 40.3 Å². The summed E-state index contributed by atoms with van der Waals surface area (Å²) in [6.45, 7) is 7.43. The standard InChI is InChI=1S/C37H32O6S2/c1-36(2,42-34(40)26-16-9-14-24-30(38)22-12-5-7-18-28(22)44-32(24)26)20-11-21-37(3,4)43-35(41)27-17-10-15-25-31(39)23-13-6-8-19-29(23)45-33(25)27/h5-10,12-19H,11,20-21H2,1-4H3. The largest absolute Gasteiger partial charge is 0.456 e. The van der Waals surface area contributed by atoms with E-state index in [9.17, 15) is 19.2 Å². The summed E-state index contributed by atoms with van der Waals surface area (Å²) in [4.78, 5) is 53.0. The molecule has 0 aliphatic heterocycles. The van der Waals surface area contributed by atoms with Crippen molar-refractivity contribution in [1.82, 2.24) is 0 Å². The minimum Gasteiger partial charge on any atom is -0.456 e. The van der Waals surface area contributed by atoms with E-state index in [2.05, 4.69) is 0 Å². The fraction of sp³-hybridized carbons (Fsp3) is 0.243. The van der Waals surface area contributed by atoms with Crippen LogP contribution in [0.3, 0.4) is 0 Å². The molecule has 2 aromatic heterocycles. The van der Waals surface area contributed by atoms with Crippen molar-refractivity contribution in [2.75, 3.05) is 0 Å². The van der Waals surface area contributed by atoms with Crippen LogP contribution in [0, 0.1) is 0 Å². The Labute approximate surface area is 267 Å². The van der Waals surface area contributed by atoms with E-state index in [1.807, 2.05) is 64.1 Å². The van der Waals surface area contributed by atoms with Gasteiger partial charge in [-0.3, -0.25) is 9.59 Å². The smallest absolute Gasteiger partial charge is 0.340 e. The molecule has 6 rings (SSSR count). The Bertz CT molecular complexity index is 2080. The summed E-state index contributed by atoms with van der Waals surface area (Å²) in [7, 11) is 0. The van der Waals surface area contributed by atoms with E-state index in [1.54, 1.807) is 48.5 Å². The second-order valence-corrected chi connectivity index (χ2v) is 14.5. The molecule has 0 bridgehead atoms. The van der Waals surface area contributed by atoms with E-state index in [0.717, 1.165) is 9.40 Å². The minimum absolute atomic E-state index is 0.101. The van der Waals surface area contributed by atoms with Crippen molar-refractivity contribution in [3.05, 3.63) is 117 Å². The molecule has 0 spiro atoms. The number of fused-ring (bicyclic) bond motifs is 4. The number of hydrogen-bond donors (Lipinski definition) is 0. The molecule has 0 saturated carbocycles. The van der Waals surface area contributed by atoms with Gasteiger partial charge >= 0.3 is 11.9 Å². The maximum Gasteiger partial charge on any atom is 0.340 e. The maximum absolute atomic E-state index is 13.4. The van der Waals surface area contributed by atoms with Gasteiger partial charge in [0.25, 0.3) is 0 Å². The van der Waals surface area contributed by atoms with Gasteiger partial charge in [0.15, 0.2) is 10.9 Å². The molecule has 228 valence electrons. The van der Waals surface area contributed by atoms with Gasteiger partial charge < -0.3 is 9.47 Å². The Balaban J connectivity index is 1.13. The van der Waals surface area contributed by atoms with Gasteiger partial charge in [-0.15, -0.1) is 22.7 Å². The van der Waals surface area contributed by atoms with Crippen LogP contribution in [0.1, 0.15) is 67.7 Å². The number of carbonyl (C=O) groups is 2. The van der Waals surface area contributed by atoms with Crippen molar-refractivity contribution < 1.29 is 19.1 Å². The first-order valence-electron chi connectivity index (χ1n) is 14.8. The first-order valence-corrected chi connectivity index (χ1v) is 16.4. The highest BCUT2D eigenvalue weighted by Crippen LogP contribution is 2.32. The summed E-state index contributed by atoms with van der Waals surface area (Å²) in [5, 5.41) is 2.27. The predicted molar refractivity (Wildman–Crippen MR) is 184 cm³/mol. The number of rotatable bonds is 8. The molecule has 6 aromatic rings. The van der Waals surface area contributed by atoms with Crippen LogP contribution in [-0.2, 0) is 9.47 Å². The molecule has 0 fully saturated rings. The van der Waals surface area contributed by atoms with E-state index in [-0.39, 0.29) is 10.9 Å². The third-order valence-corrected chi connectivity index (χ3v) is 10.4. The monoisotopic (exact) mass is 636 g/mol. The van der Waals surface area contributed by atoms with Gasteiger partial charge in [0.05, 0.1) is 20.5 Å². The van der Waals surface area contributed by atoms with Gasteiger partial charge in [-0.2, -0.15) is 0 Å². The third kappa shape index (κ3) is 6.13. The zero-order valence-electron chi connectivity index (χ0n) is 25.5. The lowest BCUT2D eigenvalue weighted by Crippen LogP contribution is -2.31. The Morgan fingerprint density at radius 2 is 0.933 bits per heavy atom. The lowest BCUT2D eigenvalue weighted by atomic mass is 9.94. The average molecular weight is 637 g/mol. The van der Waals surface area contributed by atoms with Crippen LogP contribution in [0.2, 0.25) is 0 Å². The van der Waals surface area contributed by atoms with Gasteiger partial charge in [0.2, 0.25) is 0 Å². The first-order chi connectivity index (χ1) is 21.4. The van der Waals surface area contributed by atoms with E-state index < -0.39 is 23.1 Å². The SMILES string of the molecule is CC(C)(CCCC(C)(C)OC(=O)c1cccc2c(=O)c3ccccc3sc12)OC(=O)c1cccc2c(=O)c3ccccc3sc12. The normalized spacial score (nSPS) is 12.2. The molecule has 0 aliphatic rings. The molecule has 0 aliphatic carbocycles. The van der Waals surface area contributed by atoms with Crippen LogP contribution >= 0.6 is 22.7 Å². The lowest BCUT2D eigenvalue weighted by Gasteiger charge is -2.29. The first kappa shape index (κ1) is 30.6. The van der Waals surface area contributed by atoms with Crippen LogP contribution in [0.5, 0.6) is 0 Å². The Kier molecular flexibility index (Phi) is 8.05. The molecule has 0 unspecified atom stereocenters. The van der Waals surface area contributed by atoms with Crippen LogP contribution in [0.4, 0.5) is 0 Å². The number of benzene rings is 4. The number of ether oxygens (including phenoxy) is 2. The molecule has 0 saturated heterocycles. The van der Waals surface area contributed by atoms with E-state index in [4.69, 9.17) is 9.47 Å². The highest BCUT2D eigenvalue weighted by molar-refractivity contribution is 7.25. The number of hydrogen-bond acceptors (Lipinski definition) is 8. The molecule has 0 N–H and O–H groups in total. The van der Waals surface area contributed by atoms with Crippen molar-refractivity contribution in [3.8, 4) is 0 Å². The second kappa shape index (κ2) is 11.8. The Hall–Kier alpha value is -4.40. The van der Waals surface area contributed by atoms with E-state index in [0.29, 0.717) is 61.3 Å². The molecule has 45 heavy (non-hydrogen) atoms. The lowest BCUT2D eigenvalue weighted by molar-refractivity contribution is -0.0168. The van der Waals surface area contributed by atoms with Crippen molar-refractivity contribution in [2.24, 2.45) is 0 Å². The molecular formula is C37H32O6S2. The fourth-order valence-corrected chi connectivity index (χ4v) is 7.96. The van der Waals surface area contributed by atoms with E-state index >= 15 is 0 Å². The van der Waals surface area contributed by atoms with Gasteiger partial charge in [-0.05, 0) is 95.5 Å². The topological polar surface area (TPSA) is 86.7 Å². The summed E-state index contributed by atoms with van der Waals surface area (Å²) in [6, 6.07) is 25.1. The van der Waals surface area contributed by atoms with Crippen LogP contribution < -0.4 is 10.9 Å². The van der Waals surface area contributed by atoms with Gasteiger partial charge in [0.1, 0.15) is 11.2 Å². The van der Waals surface area contributed by atoms with E-state index in [1.165, 1.54) is 22.7 Å². The summed E-state index contributed by atoms with van der Waals surface area (Å²) in [5.41, 5.74) is -1.07. The zero-order chi connectivity index (χ0) is 31.9. The zero-order valence-corrected chi connectivity index (χ0v) is 27.1. The fourth-order valence-electron chi connectivity index (χ4n) is 5.62. The number of esters is 2. The van der Waals surface area contributed by atoms with Crippen molar-refractivity contribution in [2.45, 2.75) is 58.2 Å². The third-order valence-electron chi connectivity index (χ3n) is 7.94. The van der Waals surface area contributed by atoms with Gasteiger partial charge in [0, 0.05) is 30.9 Å². The highest BCUT2D eigenvalue weighted by atomic mass is 32.1.